The van der Waals surface area contributed by atoms with Gasteiger partial charge in [0.25, 0.3) is 5.91 Å². The van der Waals surface area contributed by atoms with E-state index in [1.54, 1.807) is 18.2 Å². The van der Waals surface area contributed by atoms with Crippen LogP contribution < -0.4 is 10.2 Å². The van der Waals surface area contributed by atoms with Gasteiger partial charge < -0.3 is 4.74 Å². The van der Waals surface area contributed by atoms with Gasteiger partial charge in [0, 0.05) is 5.02 Å². The summed E-state index contributed by atoms with van der Waals surface area (Å²) in [6, 6.07) is 13.4. The fraction of sp³-hybridized carbons (Fsp3) is 0.263. The number of carbonyl (C=O) groups is 1. The van der Waals surface area contributed by atoms with E-state index < -0.39 is 0 Å². The lowest BCUT2D eigenvalue weighted by atomic mass is 10.1. The van der Waals surface area contributed by atoms with Crippen molar-refractivity contribution in [2.75, 3.05) is 6.61 Å². The highest BCUT2D eigenvalue weighted by molar-refractivity contribution is 6.30. The van der Waals surface area contributed by atoms with Crippen molar-refractivity contribution in [3.05, 3.63) is 64.2 Å². The van der Waals surface area contributed by atoms with Crippen molar-refractivity contribution in [3.63, 3.8) is 0 Å². The highest BCUT2D eigenvalue weighted by atomic mass is 35.5. The summed E-state index contributed by atoms with van der Waals surface area (Å²) < 4.78 is 5.48. The Labute approximate surface area is 147 Å². The van der Waals surface area contributed by atoms with Crippen LogP contribution in [0.1, 0.15) is 30.5 Å². The standard InChI is InChI=1S/C19H21ClN2O2/c1-4-15-5-7-16(8-6-15)14(3)21-22-19(23)12-24-18-10-9-17(20)11-13(18)2/h5-11H,4,12H2,1-3H3,(H,22,23). The molecule has 24 heavy (non-hydrogen) atoms. The van der Waals surface area contributed by atoms with Gasteiger partial charge in [0.05, 0.1) is 5.71 Å². The molecule has 0 bridgehead atoms. The monoisotopic (exact) mass is 344 g/mol. The van der Waals surface area contributed by atoms with Crippen LogP contribution in [0.15, 0.2) is 47.6 Å². The number of amides is 1. The molecule has 1 amide bonds. The summed E-state index contributed by atoms with van der Waals surface area (Å²) in [4.78, 5) is 11.9. The van der Waals surface area contributed by atoms with Crippen LogP contribution >= 0.6 is 11.6 Å². The van der Waals surface area contributed by atoms with Gasteiger partial charge in [-0.15, -0.1) is 0 Å². The number of hydrogen-bond donors (Lipinski definition) is 1. The van der Waals surface area contributed by atoms with Gasteiger partial charge in [-0.1, -0.05) is 42.8 Å². The zero-order valence-corrected chi connectivity index (χ0v) is 14.9. The van der Waals surface area contributed by atoms with Crippen molar-refractivity contribution in [2.24, 2.45) is 5.10 Å². The summed E-state index contributed by atoms with van der Waals surface area (Å²) in [5, 5.41) is 4.75. The molecular formula is C19H21ClN2O2. The van der Waals surface area contributed by atoms with Gasteiger partial charge in [-0.05, 0) is 55.2 Å². The molecule has 0 atom stereocenters. The largest absolute Gasteiger partial charge is 0.483 e. The van der Waals surface area contributed by atoms with Crippen LogP contribution in [0.25, 0.3) is 0 Å². The Bertz CT molecular complexity index is 740. The summed E-state index contributed by atoms with van der Waals surface area (Å²) in [5.74, 6) is 0.319. The maximum absolute atomic E-state index is 11.9. The Morgan fingerprint density at radius 1 is 1.21 bits per heavy atom. The normalized spacial score (nSPS) is 11.2. The molecule has 126 valence electrons. The summed E-state index contributed by atoms with van der Waals surface area (Å²) in [6.45, 7) is 5.74. The third-order valence-corrected chi connectivity index (χ3v) is 3.86. The van der Waals surface area contributed by atoms with E-state index in [4.69, 9.17) is 16.3 Å². The van der Waals surface area contributed by atoms with Crippen molar-refractivity contribution in [1.82, 2.24) is 5.43 Å². The fourth-order valence-corrected chi connectivity index (χ4v) is 2.37. The lowest BCUT2D eigenvalue weighted by molar-refractivity contribution is -0.123. The van der Waals surface area contributed by atoms with Crippen LogP contribution in [0.3, 0.4) is 0 Å². The lowest BCUT2D eigenvalue weighted by Crippen LogP contribution is -2.25. The second-order valence-corrected chi connectivity index (χ2v) is 5.92. The predicted octanol–water partition coefficient (Wildman–Crippen LogP) is 4.13. The molecule has 0 saturated heterocycles. The molecule has 5 heteroatoms. The third-order valence-electron chi connectivity index (χ3n) is 3.62. The van der Waals surface area contributed by atoms with Gasteiger partial charge in [0.2, 0.25) is 0 Å². The smallest absolute Gasteiger partial charge is 0.277 e. The molecule has 4 nitrogen and oxygen atoms in total. The van der Waals surface area contributed by atoms with Crippen LogP contribution in [0.4, 0.5) is 0 Å². The summed E-state index contributed by atoms with van der Waals surface area (Å²) in [6.07, 6.45) is 0.995. The Balaban J connectivity index is 1.89. The molecule has 2 aromatic carbocycles. The summed E-state index contributed by atoms with van der Waals surface area (Å²) >= 11 is 5.89. The fourth-order valence-electron chi connectivity index (χ4n) is 2.14. The van der Waals surface area contributed by atoms with Crippen LogP contribution in [0, 0.1) is 6.92 Å². The van der Waals surface area contributed by atoms with E-state index in [0.29, 0.717) is 10.8 Å². The number of halogens is 1. The van der Waals surface area contributed by atoms with Gasteiger partial charge >= 0.3 is 0 Å². The first-order chi connectivity index (χ1) is 11.5. The van der Waals surface area contributed by atoms with Crippen molar-refractivity contribution >= 4 is 23.2 Å². The molecule has 0 aromatic heterocycles. The van der Waals surface area contributed by atoms with Crippen molar-refractivity contribution < 1.29 is 9.53 Å². The molecule has 0 aliphatic carbocycles. The first-order valence-electron chi connectivity index (χ1n) is 7.81. The number of nitrogens with zero attached hydrogens (tertiary/aromatic N) is 1. The van der Waals surface area contributed by atoms with E-state index in [0.717, 1.165) is 23.3 Å². The topological polar surface area (TPSA) is 50.7 Å². The number of carbonyl (C=O) groups excluding carboxylic acids is 1. The first-order valence-corrected chi connectivity index (χ1v) is 8.18. The number of benzene rings is 2. The van der Waals surface area contributed by atoms with E-state index in [1.807, 2.05) is 26.0 Å². The molecule has 1 N–H and O–H groups in total. The van der Waals surface area contributed by atoms with Gasteiger partial charge in [-0.3, -0.25) is 4.79 Å². The molecule has 2 aromatic rings. The van der Waals surface area contributed by atoms with Crippen LogP contribution in [0.2, 0.25) is 5.02 Å². The van der Waals surface area contributed by atoms with E-state index >= 15 is 0 Å². The Hall–Kier alpha value is -2.33. The Morgan fingerprint density at radius 3 is 2.54 bits per heavy atom. The molecule has 0 spiro atoms. The van der Waals surface area contributed by atoms with Gasteiger partial charge in [0.15, 0.2) is 6.61 Å². The van der Waals surface area contributed by atoms with Crippen molar-refractivity contribution in [2.45, 2.75) is 27.2 Å². The summed E-state index contributed by atoms with van der Waals surface area (Å²) in [5.41, 5.74) is 6.37. The van der Waals surface area contributed by atoms with Crippen molar-refractivity contribution in [1.29, 1.82) is 0 Å². The SMILES string of the molecule is CCc1ccc(C(C)=NNC(=O)COc2ccc(Cl)cc2C)cc1. The van der Waals surface area contributed by atoms with E-state index in [9.17, 15) is 4.79 Å². The molecule has 0 fully saturated rings. The van der Waals surface area contributed by atoms with E-state index in [-0.39, 0.29) is 12.5 Å². The summed E-state index contributed by atoms with van der Waals surface area (Å²) in [7, 11) is 0. The zero-order valence-electron chi connectivity index (χ0n) is 14.1. The second-order valence-electron chi connectivity index (χ2n) is 5.48. The number of aryl methyl sites for hydroxylation is 2. The number of ether oxygens (including phenoxy) is 1. The lowest BCUT2D eigenvalue weighted by Gasteiger charge is -2.08. The average Bonchev–Trinajstić information content (AvgIpc) is 2.59. The third kappa shape index (κ3) is 5.10. The van der Waals surface area contributed by atoms with Gasteiger partial charge in [0.1, 0.15) is 5.75 Å². The Morgan fingerprint density at radius 2 is 1.92 bits per heavy atom. The molecule has 2 rings (SSSR count). The molecule has 0 unspecified atom stereocenters. The average molecular weight is 345 g/mol. The van der Waals surface area contributed by atoms with Crippen molar-refractivity contribution in [3.8, 4) is 5.75 Å². The molecule has 0 aliphatic rings. The maximum atomic E-state index is 11.9. The van der Waals surface area contributed by atoms with Gasteiger partial charge in [-0.2, -0.15) is 5.10 Å². The molecular weight excluding hydrogens is 324 g/mol. The van der Waals surface area contributed by atoms with Crippen LogP contribution in [-0.2, 0) is 11.2 Å². The minimum absolute atomic E-state index is 0.103. The quantitative estimate of drug-likeness (QED) is 0.632. The molecule has 0 saturated carbocycles. The van der Waals surface area contributed by atoms with Crippen LogP contribution in [-0.4, -0.2) is 18.2 Å². The molecule has 0 aliphatic heterocycles. The van der Waals surface area contributed by atoms with E-state index in [2.05, 4.69) is 29.6 Å². The molecule has 0 heterocycles. The Kier molecular flexibility index (Phi) is 6.38. The highest BCUT2D eigenvalue weighted by Gasteiger charge is 2.05. The number of nitrogens with one attached hydrogen (secondary N) is 1. The number of hydrogen-bond acceptors (Lipinski definition) is 3. The van der Waals surface area contributed by atoms with Crippen LogP contribution in [0.5, 0.6) is 5.75 Å². The minimum atomic E-state index is -0.311. The highest BCUT2D eigenvalue weighted by Crippen LogP contribution is 2.21. The predicted molar refractivity (Wildman–Crippen MR) is 97.9 cm³/mol. The zero-order chi connectivity index (χ0) is 17.5. The number of rotatable bonds is 6. The maximum Gasteiger partial charge on any atom is 0.277 e. The molecule has 0 radical (unpaired) electrons. The number of hydrazone groups is 1. The van der Waals surface area contributed by atoms with E-state index in [1.165, 1.54) is 5.56 Å². The first kappa shape index (κ1) is 18.0. The minimum Gasteiger partial charge on any atom is -0.483 e. The second kappa shape index (κ2) is 8.50. The van der Waals surface area contributed by atoms with Gasteiger partial charge in [-0.25, -0.2) is 5.43 Å².